The molecule has 2 aromatic rings. The SMILES string of the molecule is Cc1cc(C=C2SC(=S)N(CC(=O)O)C2=O)c(C)n1-c1ccc(I)cc1. The van der Waals surface area contributed by atoms with Gasteiger partial charge in [0.2, 0.25) is 0 Å². The number of aromatic nitrogens is 1. The number of carboxylic acid groups (broad SMARTS) is 1. The Kier molecular flexibility index (Phi) is 5.54. The zero-order chi connectivity index (χ0) is 19.0. The number of carboxylic acids is 1. The standard InChI is InChI=1S/C18H15IN2O3S2/c1-10-7-12(11(2)21(10)14-5-3-13(19)4-6-14)8-15-17(24)20(9-16(22)23)18(25)26-15/h3-8H,9H2,1-2H3,(H,22,23). The van der Waals surface area contributed by atoms with E-state index in [1.165, 1.54) is 0 Å². The van der Waals surface area contributed by atoms with Gasteiger partial charge in [0.25, 0.3) is 5.91 Å². The lowest BCUT2D eigenvalue weighted by molar-refractivity contribution is -0.140. The normalized spacial score (nSPS) is 16.0. The molecular weight excluding hydrogens is 483 g/mol. The van der Waals surface area contributed by atoms with Gasteiger partial charge in [-0.05, 0) is 78.4 Å². The molecule has 1 aliphatic rings. The first-order valence-corrected chi connectivity index (χ1v) is 10.0. The summed E-state index contributed by atoms with van der Waals surface area (Å²) in [5.41, 5.74) is 4.03. The van der Waals surface area contributed by atoms with Gasteiger partial charge in [-0.1, -0.05) is 24.0 Å². The number of thiocarbonyl (C=S) groups is 1. The number of aryl methyl sites for hydroxylation is 1. The summed E-state index contributed by atoms with van der Waals surface area (Å²) in [4.78, 5) is 24.9. The van der Waals surface area contributed by atoms with Crippen molar-refractivity contribution in [2.45, 2.75) is 13.8 Å². The number of amides is 1. The summed E-state index contributed by atoms with van der Waals surface area (Å²) in [7, 11) is 0. The molecule has 0 unspecified atom stereocenters. The predicted molar refractivity (Wildman–Crippen MR) is 115 cm³/mol. The fraction of sp³-hybridized carbons (Fsp3) is 0.167. The minimum absolute atomic E-state index is 0.273. The molecule has 1 aliphatic heterocycles. The van der Waals surface area contributed by atoms with Gasteiger partial charge in [0.15, 0.2) is 0 Å². The Morgan fingerprint density at radius 2 is 1.96 bits per heavy atom. The van der Waals surface area contributed by atoms with Crippen molar-refractivity contribution < 1.29 is 14.7 Å². The molecule has 0 radical (unpaired) electrons. The molecule has 134 valence electrons. The molecule has 1 amide bonds. The molecule has 1 aromatic carbocycles. The van der Waals surface area contributed by atoms with E-state index in [1.54, 1.807) is 6.08 Å². The molecule has 26 heavy (non-hydrogen) atoms. The second kappa shape index (κ2) is 7.53. The third-order valence-corrected chi connectivity index (χ3v) is 6.11. The van der Waals surface area contributed by atoms with Gasteiger partial charge in [0.05, 0.1) is 4.91 Å². The lowest BCUT2D eigenvalue weighted by Gasteiger charge is -2.10. The summed E-state index contributed by atoms with van der Waals surface area (Å²) in [6, 6.07) is 10.2. The summed E-state index contributed by atoms with van der Waals surface area (Å²) < 4.78 is 3.56. The molecule has 1 saturated heterocycles. The van der Waals surface area contributed by atoms with Crippen LogP contribution in [0, 0.1) is 17.4 Å². The van der Waals surface area contributed by atoms with Gasteiger partial charge in [-0.3, -0.25) is 14.5 Å². The molecule has 0 atom stereocenters. The maximum Gasteiger partial charge on any atom is 0.323 e. The number of aliphatic carboxylic acids is 1. The van der Waals surface area contributed by atoms with Gasteiger partial charge >= 0.3 is 5.97 Å². The molecule has 3 rings (SSSR count). The minimum atomic E-state index is -1.08. The van der Waals surface area contributed by atoms with E-state index in [0.29, 0.717) is 4.91 Å². The van der Waals surface area contributed by atoms with Gasteiger partial charge in [-0.15, -0.1) is 0 Å². The molecule has 1 fully saturated rings. The second-order valence-corrected chi connectivity index (χ2v) is 8.72. The molecule has 1 N–H and O–H groups in total. The van der Waals surface area contributed by atoms with E-state index in [0.717, 1.165) is 42.9 Å². The highest BCUT2D eigenvalue weighted by Gasteiger charge is 2.33. The Hall–Kier alpha value is -1.65. The lowest BCUT2D eigenvalue weighted by atomic mass is 10.2. The van der Waals surface area contributed by atoms with Crippen LogP contribution < -0.4 is 0 Å². The van der Waals surface area contributed by atoms with E-state index in [2.05, 4.69) is 39.3 Å². The van der Waals surface area contributed by atoms with Crippen molar-refractivity contribution in [3.63, 3.8) is 0 Å². The first-order valence-electron chi connectivity index (χ1n) is 7.70. The zero-order valence-electron chi connectivity index (χ0n) is 14.0. The Morgan fingerprint density at radius 3 is 2.58 bits per heavy atom. The third-order valence-electron chi connectivity index (χ3n) is 4.01. The smallest absolute Gasteiger partial charge is 0.323 e. The van der Waals surface area contributed by atoms with E-state index in [4.69, 9.17) is 17.3 Å². The maximum absolute atomic E-state index is 12.4. The molecule has 1 aromatic heterocycles. The monoisotopic (exact) mass is 498 g/mol. The van der Waals surface area contributed by atoms with Crippen LogP contribution in [0.4, 0.5) is 0 Å². The number of hydrogen-bond donors (Lipinski definition) is 1. The van der Waals surface area contributed by atoms with Crippen LogP contribution in [0.15, 0.2) is 35.2 Å². The number of hydrogen-bond acceptors (Lipinski definition) is 4. The van der Waals surface area contributed by atoms with E-state index in [-0.39, 0.29) is 10.2 Å². The largest absolute Gasteiger partial charge is 0.480 e. The third kappa shape index (κ3) is 3.72. The number of rotatable bonds is 4. The van der Waals surface area contributed by atoms with Crippen molar-refractivity contribution in [3.05, 3.63) is 55.8 Å². The first-order chi connectivity index (χ1) is 12.3. The Morgan fingerprint density at radius 1 is 1.31 bits per heavy atom. The van der Waals surface area contributed by atoms with Gasteiger partial charge in [-0.25, -0.2) is 0 Å². The molecule has 0 spiro atoms. The van der Waals surface area contributed by atoms with Crippen LogP contribution in [0.3, 0.4) is 0 Å². The Labute approximate surface area is 174 Å². The summed E-state index contributed by atoms with van der Waals surface area (Å²) in [6.07, 6.45) is 1.78. The van der Waals surface area contributed by atoms with Crippen LogP contribution >= 0.6 is 46.6 Å². The highest BCUT2D eigenvalue weighted by molar-refractivity contribution is 14.1. The lowest BCUT2D eigenvalue weighted by Crippen LogP contribution is -2.33. The Bertz CT molecular complexity index is 948. The number of carbonyl (C=O) groups is 2. The first kappa shape index (κ1) is 19.1. The van der Waals surface area contributed by atoms with Gasteiger partial charge in [-0.2, -0.15) is 0 Å². The number of thioether (sulfide) groups is 1. The number of benzene rings is 1. The highest BCUT2D eigenvalue weighted by atomic mass is 127. The fourth-order valence-electron chi connectivity index (χ4n) is 2.83. The van der Waals surface area contributed by atoms with Crippen molar-refractivity contribution >= 4 is 68.8 Å². The summed E-state index contributed by atoms with van der Waals surface area (Å²) >= 11 is 8.54. The van der Waals surface area contributed by atoms with Crippen molar-refractivity contribution in [2.75, 3.05) is 6.54 Å². The van der Waals surface area contributed by atoms with E-state index in [9.17, 15) is 9.59 Å². The average molecular weight is 498 g/mol. The Balaban J connectivity index is 1.96. The van der Waals surface area contributed by atoms with E-state index < -0.39 is 12.5 Å². The van der Waals surface area contributed by atoms with Crippen LogP contribution in [-0.2, 0) is 9.59 Å². The summed E-state index contributed by atoms with van der Waals surface area (Å²) in [5.74, 6) is -1.44. The zero-order valence-corrected chi connectivity index (χ0v) is 17.8. The predicted octanol–water partition coefficient (Wildman–Crippen LogP) is 3.98. The van der Waals surface area contributed by atoms with Gasteiger partial charge in [0, 0.05) is 20.6 Å². The average Bonchev–Trinajstić information content (AvgIpc) is 2.99. The minimum Gasteiger partial charge on any atom is -0.480 e. The molecule has 0 saturated carbocycles. The van der Waals surface area contributed by atoms with Crippen LogP contribution in [-0.4, -0.2) is 37.3 Å². The molecule has 2 heterocycles. The second-order valence-electron chi connectivity index (χ2n) is 5.80. The van der Waals surface area contributed by atoms with Crippen molar-refractivity contribution in [1.29, 1.82) is 0 Å². The number of halogens is 1. The van der Waals surface area contributed by atoms with E-state index in [1.807, 2.05) is 32.0 Å². The molecule has 5 nitrogen and oxygen atoms in total. The molecule has 8 heteroatoms. The van der Waals surface area contributed by atoms with Crippen LogP contribution in [0.25, 0.3) is 11.8 Å². The van der Waals surface area contributed by atoms with Crippen molar-refractivity contribution in [3.8, 4) is 5.69 Å². The number of nitrogens with zero attached hydrogens (tertiary/aromatic N) is 2. The van der Waals surface area contributed by atoms with Crippen molar-refractivity contribution in [2.24, 2.45) is 0 Å². The highest BCUT2D eigenvalue weighted by Crippen LogP contribution is 2.33. The van der Waals surface area contributed by atoms with E-state index >= 15 is 0 Å². The number of carbonyl (C=O) groups excluding carboxylic acids is 1. The van der Waals surface area contributed by atoms with Crippen molar-refractivity contribution in [1.82, 2.24) is 9.47 Å². The molecular formula is C18H15IN2O3S2. The van der Waals surface area contributed by atoms with Crippen LogP contribution in [0.2, 0.25) is 0 Å². The van der Waals surface area contributed by atoms with Crippen LogP contribution in [0.5, 0.6) is 0 Å². The fourth-order valence-corrected chi connectivity index (χ4v) is 4.44. The summed E-state index contributed by atoms with van der Waals surface area (Å²) in [5, 5.41) is 8.93. The van der Waals surface area contributed by atoms with Gasteiger partial charge < -0.3 is 9.67 Å². The topological polar surface area (TPSA) is 62.5 Å². The molecule has 0 aliphatic carbocycles. The van der Waals surface area contributed by atoms with Crippen LogP contribution in [0.1, 0.15) is 17.0 Å². The maximum atomic E-state index is 12.4. The van der Waals surface area contributed by atoms with Gasteiger partial charge in [0.1, 0.15) is 10.9 Å². The summed E-state index contributed by atoms with van der Waals surface area (Å²) in [6.45, 7) is 3.59. The quantitative estimate of drug-likeness (QED) is 0.393. The molecule has 0 bridgehead atoms.